The standard InChI is InChI=1S/C11H11N5O5/c1-6-14-9(15-21-6)2-3-12-10-4-7(11(17)18)8(5-13-10)16(19)20/h4-5H,2-3H2,1H3,(H,12,13)(H,17,18). The van der Waals surface area contributed by atoms with E-state index in [-0.39, 0.29) is 5.82 Å². The van der Waals surface area contributed by atoms with Crippen LogP contribution in [0.2, 0.25) is 0 Å². The number of pyridine rings is 1. The monoisotopic (exact) mass is 293 g/mol. The maximum atomic E-state index is 11.0. The molecule has 2 N–H and O–H groups in total. The highest BCUT2D eigenvalue weighted by Gasteiger charge is 2.20. The number of aromatic nitrogens is 3. The summed E-state index contributed by atoms with van der Waals surface area (Å²) in [4.78, 5) is 28.7. The van der Waals surface area contributed by atoms with Crippen molar-refractivity contribution in [1.82, 2.24) is 15.1 Å². The van der Waals surface area contributed by atoms with Crippen LogP contribution in [-0.4, -0.2) is 37.7 Å². The average Bonchev–Trinajstić information content (AvgIpc) is 2.84. The van der Waals surface area contributed by atoms with E-state index in [1.54, 1.807) is 6.92 Å². The normalized spacial score (nSPS) is 10.3. The Kier molecular flexibility index (Phi) is 4.07. The number of nitrogens with zero attached hydrogens (tertiary/aromatic N) is 4. The SMILES string of the molecule is Cc1nc(CCNc2cc(C(=O)O)c([N+](=O)[O-])cn2)no1. The van der Waals surface area contributed by atoms with Crippen molar-refractivity contribution in [2.75, 3.05) is 11.9 Å². The molecule has 2 rings (SSSR count). The molecule has 2 heterocycles. The van der Waals surface area contributed by atoms with E-state index in [2.05, 4.69) is 20.4 Å². The topological polar surface area (TPSA) is 144 Å². The van der Waals surface area contributed by atoms with Crippen molar-refractivity contribution in [3.05, 3.63) is 39.7 Å². The molecule has 2 aromatic rings. The van der Waals surface area contributed by atoms with Gasteiger partial charge in [-0.1, -0.05) is 5.16 Å². The van der Waals surface area contributed by atoms with E-state index in [4.69, 9.17) is 9.63 Å². The highest BCUT2D eigenvalue weighted by molar-refractivity contribution is 5.93. The van der Waals surface area contributed by atoms with Crippen molar-refractivity contribution in [3.8, 4) is 0 Å². The van der Waals surface area contributed by atoms with E-state index < -0.39 is 22.1 Å². The molecule has 0 bridgehead atoms. The van der Waals surface area contributed by atoms with Gasteiger partial charge >= 0.3 is 11.7 Å². The van der Waals surface area contributed by atoms with E-state index in [1.165, 1.54) is 0 Å². The summed E-state index contributed by atoms with van der Waals surface area (Å²) in [6, 6.07) is 1.11. The average molecular weight is 293 g/mol. The van der Waals surface area contributed by atoms with Gasteiger partial charge in [-0.15, -0.1) is 0 Å². The van der Waals surface area contributed by atoms with Crippen molar-refractivity contribution in [3.63, 3.8) is 0 Å². The molecule has 0 spiro atoms. The molecule has 10 heteroatoms. The van der Waals surface area contributed by atoms with Crippen LogP contribution in [0.25, 0.3) is 0 Å². The summed E-state index contributed by atoms with van der Waals surface area (Å²) >= 11 is 0. The highest BCUT2D eigenvalue weighted by atomic mass is 16.6. The quantitative estimate of drug-likeness (QED) is 0.589. The third-order valence-corrected chi connectivity index (χ3v) is 2.53. The van der Waals surface area contributed by atoms with Crippen LogP contribution in [0.5, 0.6) is 0 Å². The lowest BCUT2D eigenvalue weighted by atomic mass is 10.2. The van der Waals surface area contributed by atoms with Crippen LogP contribution in [0, 0.1) is 17.0 Å². The van der Waals surface area contributed by atoms with Crippen LogP contribution in [-0.2, 0) is 6.42 Å². The number of rotatable bonds is 6. The first-order chi connectivity index (χ1) is 9.97. The van der Waals surface area contributed by atoms with Gasteiger partial charge in [0, 0.05) is 26.0 Å². The van der Waals surface area contributed by atoms with Crippen molar-refractivity contribution in [2.45, 2.75) is 13.3 Å². The van der Waals surface area contributed by atoms with Gasteiger partial charge in [0.05, 0.1) is 4.92 Å². The summed E-state index contributed by atoms with van der Waals surface area (Å²) in [5.41, 5.74) is -0.977. The van der Waals surface area contributed by atoms with Crippen molar-refractivity contribution < 1.29 is 19.3 Å². The Hall–Kier alpha value is -3.04. The molecule has 0 fully saturated rings. The number of anilines is 1. The summed E-state index contributed by atoms with van der Waals surface area (Å²) in [6.45, 7) is 2.05. The number of carboxylic acids is 1. The van der Waals surface area contributed by atoms with Crippen LogP contribution in [0.1, 0.15) is 22.1 Å². The third kappa shape index (κ3) is 3.49. The molecule has 0 aromatic carbocycles. The van der Waals surface area contributed by atoms with Crippen LogP contribution in [0.4, 0.5) is 11.5 Å². The van der Waals surface area contributed by atoms with E-state index in [1.807, 2.05) is 0 Å². The van der Waals surface area contributed by atoms with Gasteiger partial charge in [-0.3, -0.25) is 10.1 Å². The molecule has 0 radical (unpaired) electrons. The first-order valence-electron chi connectivity index (χ1n) is 5.88. The number of carbonyl (C=O) groups is 1. The van der Waals surface area contributed by atoms with Gasteiger partial charge in [-0.2, -0.15) is 4.98 Å². The number of aromatic carboxylic acids is 1. The summed E-state index contributed by atoms with van der Waals surface area (Å²) in [7, 11) is 0. The summed E-state index contributed by atoms with van der Waals surface area (Å²) in [5.74, 6) is -0.217. The maximum absolute atomic E-state index is 11.0. The highest BCUT2D eigenvalue weighted by Crippen LogP contribution is 2.20. The van der Waals surface area contributed by atoms with Crippen molar-refractivity contribution >= 4 is 17.5 Å². The van der Waals surface area contributed by atoms with Gasteiger partial charge in [0.25, 0.3) is 0 Å². The van der Waals surface area contributed by atoms with Gasteiger partial charge in [-0.25, -0.2) is 9.78 Å². The fraction of sp³-hybridized carbons (Fsp3) is 0.273. The molecular weight excluding hydrogens is 282 g/mol. The predicted octanol–water partition coefficient (Wildman–Crippen LogP) is 1.03. The first-order valence-corrected chi connectivity index (χ1v) is 5.88. The fourth-order valence-corrected chi connectivity index (χ4v) is 1.61. The predicted molar refractivity (Wildman–Crippen MR) is 69.1 cm³/mol. The van der Waals surface area contributed by atoms with Gasteiger partial charge in [0.1, 0.15) is 17.6 Å². The smallest absolute Gasteiger partial charge is 0.342 e. The summed E-state index contributed by atoms with van der Waals surface area (Å²) in [5, 5.41) is 26.2. The number of aryl methyl sites for hydroxylation is 1. The summed E-state index contributed by atoms with van der Waals surface area (Å²) in [6.07, 6.45) is 1.35. The first kappa shape index (κ1) is 14.4. The van der Waals surface area contributed by atoms with E-state index in [9.17, 15) is 14.9 Å². The molecule has 0 aliphatic heterocycles. The molecular formula is C11H11N5O5. The van der Waals surface area contributed by atoms with Crippen molar-refractivity contribution in [1.29, 1.82) is 0 Å². The van der Waals surface area contributed by atoms with Gasteiger partial charge < -0.3 is 14.9 Å². The lowest BCUT2D eigenvalue weighted by Crippen LogP contribution is -2.10. The second kappa shape index (κ2) is 5.94. The lowest BCUT2D eigenvalue weighted by Gasteiger charge is -2.05. The Bertz CT molecular complexity index is 683. The van der Waals surface area contributed by atoms with Gasteiger partial charge in [0.2, 0.25) is 5.89 Å². The second-order valence-corrected chi connectivity index (χ2v) is 4.06. The molecule has 0 unspecified atom stereocenters. The minimum atomic E-state index is -1.39. The van der Waals surface area contributed by atoms with E-state index in [0.29, 0.717) is 24.7 Å². The molecule has 0 aliphatic rings. The zero-order valence-corrected chi connectivity index (χ0v) is 10.9. The number of hydrogen-bond acceptors (Lipinski definition) is 8. The molecule has 10 nitrogen and oxygen atoms in total. The lowest BCUT2D eigenvalue weighted by molar-refractivity contribution is -0.385. The number of nitrogens with one attached hydrogen (secondary N) is 1. The Morgan fingerprint density at radius 1 is 1.57 bits per heavy atom. The summed E-state index contributed by atoms with van der Waals surface area (Å²) < 4.78 is 4.80. The minimum absolute atomic E-state index is 0.221. The Labute approximate surface area is 118 Å². The number of nitro groups is 1. The Balaban J connectivity index is 2.05. The molecule has 0 saturated heterocycles. The Morgan fingerprint density at radius 2 is 2.33 bits per heavy atom. The molecule has 0 amide bonds. The fourth-order valence-electron chi connectivity index (χ4n) is 1.61. The van der Waals surface area contributed by atoms with Crippen LogP contribution < -0.4 is 5.32 Å². The van der Waals surface area contributed by atoms with Gasteiger partial charge in [0.15, 0.2) is 5.82 Å². The number of hydrogen-bond donors (Lipinski definition) is 2. The molecule has 0 aliphatic carbocycles. The second-order valence-electron chi connectivity index (χ2n) is 4.06. The maximum Gasteiger partial charge on any atom is 0.342 e. The molecule has 0 atom stereocenters. The molecule has 110 valence electrons. The number of carboxylic acid groups (broad SMARTS) is 1. The van der Waals surface area contributed by atoms with Crippen LogP contribution >= 0.6 is 0 Å². The zero-order chi connectivity index (χ0) is 15.4. The molecule has 0 saturated carbocycles. The zero-order valence-electron chi connectivity index (χ0n) is 10.9. The molecule has 21 heavy (non-hydrogen) atoms. The third-order valence-electron chi connectivity index (χ3n) is 2.53. The molecule has 2 aromatic heterocycles. The van der Waals surface area contributed by atoms with E-state index in [0.717, 1.165) is 12.3 Å². The van der Waals surface area contributed by atoms with Crippen LogP contribution in [0.3, 0.4) is 0 Å². The largest absolute Gasteiger partial charge is 0.477 e. The Morgan fingerprint density at radius 3 is 2.90 bits per heavy atom. The van der Waals surface area contributed by atoms with E-state index >= 15 is 0 Å². The van der Waals surface area contributed by atoms with Crippen molar-refractivity contribution in [2.24, 2.45) is 0 Å². The van der Waals surface area contributed by atoms with Crippen LogP contribution in [0.15, 0.2) is 16.8 Å². The minimum Gasteiger partial charge on any atom is -0.477 e. The van der Waals surface area contributed by atoms with Gasteiger partial charge in [-0.05, 0) is 0 Å².